The number of carbonyl (C=O) groups excluding carboxylic acids is 4. The highest BCUT2D eigenvalue weighted by Crippen LogP contribution is 2.76. The molecule has 52 atom stereocenters. The number of aliphatic hydroxyl groups is 23. The maximum Gasteiger partial charge on any atom is 0.335 e. The molecule has 12 fully saturated rings. The Kier molecular flexibility index (Phi) is 36.2. The third-order valence-corrected chi connectivity index (χ3v) is 33.7. The first-order valence-corrected chi connectivity index (χ1v) is 48.9. The number of carboxylic acid groups (broad SMARTS) is 1. The molecule has 804 valence electrons. The summed E-state index contributed by atoms with van der Waals surface area (Å²) >= 11 is 0. The summed E-state index contributed by atoms with van der Waals surface area (Å²) in [5.41, 5.74) is -7.83. The number of aliphatic carboxylic acids is 1. The molecule has 24 N–H and O–H groups in total. The minimum atomic E-state index is -2.34. The number of fused-ring (bicyclic) bond motifs is 7. The predicted octanol–water partition coefficient (Wildman–Crippen LogP) is -6.32. The molecule has 0 radical (unpaired) electrons. The van der Waals surface area contributed by atoms with E-state index < -0.39 is 384 Å². The molecule has 8 saturated heterocycles. The number of hydrogen-bond donors (Lipinski definition) is 24. The molecular weight excluding hydrogens is 1870 g/mol. The van der Waals surface area contributed by atoms with E-state index >= 15 is 4.79 Å². The van der Waals surface area contributed by atoms with E-state index in [-0.39, 0.29) is 63.2 Å². The van der Waals surface area contributed by atoms with Crippen molar-refractivity contribution in [3.05, 3.63) is 11.6 Å². The summed E-state index contributed by atoms with van der Waals surface area (Å²) in [6, 6.07) is 0. The minimum absolute atomic E-state index is 0.00295. The van der Waals surface area contributed by atoms with Crippen LogP contribution in [0.15, 0.2) is 11.6 Å². The number of carboxylic acids is 1. The molecule has 0 aromatic rings. The zero-order valence-electron chi connectivity index (χ0n) is 80.7. The molecule has 18 unspecified atom stereocenters. The molecule has 5 aliphatic carbocycles. The smallest absolute Gasteiger partial charge is 0.335 e. The van der Waals surface area contributed by atoms with Crippen LogP contribution in [-0.2, 0) is 109 Å². The van der Waals surface area contributed by atoms with Crippen LogP contribution in [0.1, 0.15) is 179 Å². The number of aliphatic hydroxyl groups excluding tert-OH is 22. The Bertz CT molecular complexity index is 4160. The van der Waals surface area contributed by atoms with Gasteiger partial charge in [0.1, 0.15) is 158 Å². The number of carbonyl (C=O) groups is 5. The van der Waals surface area contributed by atoms with E-state index in [1.807, 2.05) is 27.7 Å². The maximum atomic E-state index is 16.4. The van der Waals surface area contributed by atoms with Gasteiger partial charge in [0, 0.05) is 12.8 Å². The van der Waals surface area contributed by atoms with E-state index in [1.54, 1.807) is 27.7 Å². The molecule has 140 heavy (non-hydrogen) atoms. The monoisotopic (exact) mass is 2020 g/mol. The first-order chi connectivity index (χ1) is 65.7. The lowest BCUT2D eigenvalue weighted by Gasteiger charge is -2.71. The number of allylic oxidation sites excluding steroid dienone is 2. The summed E-state index contributed by atoms with van der Waals surface area (Å²) in [7, 11) is 0. The molecule has 0 amide bonds. The molecule has 0 spiro atoms. The molecule has 13 aliphatic rings. The number of ether oxygens (including phenoxy) is 18. The fraction of sp³-hybridized carbons (Fsp3) is 0.925. The second kappa shape index (κ2) is 44.9. The van der Waals surface area contributed by atoms with E-state index in [9.17, 15) is 142 Å². The van der Waals surface area contributed by atoms with Crippen LogP contribution in [0.4, 0.5) is 0 Å². The molecule has 0 bridgehead atoms. The fourth-order valence-electron chi connectivity index (χ4n) is 24.4. The topological polar surface area (TPSA) is 737 Å². The van der Waals surface area contributed by atoms with Crippen LogP contribution < -0.4 is 0 Å². The van der Waals surface area contributed by atoms with Crippen molar-refractivity contribution in [3.8, 4) is 0 Å². The number of aldehydes is 1. The SMILES string of the molecule is CC[C@H](C)[C@H](C[C@H](O)CC(=O)O[C@@H]1C(C)O[C@@H](OC(=O)[C@]23CCC(C)(C)CC2C2=CCC4[C@@]5(C)CC[C@H](O[C@@H]6OC(C(=O)O)[C@H](O)[C@H](O[C@@H]7OC(CO)[C@@H](O)[C@H](O)C7O)C6O[C@@H]6OC(CO)[C@H](O)[C@H](O)C6O)[C@@](C)(C=O)C5CC[C@@]4(C)[C@]2(C)C[C@H]3O)[C@H](O[C@@H]2OC(C)[C@H](OC3OCC(O)[C@H](O[C@@H]4OCC(O)(CO)[C@@H]4O)[C@@H]3O)[C@H](O)C2O)C1O)OC(=O)C[C@@H](O)C[C@H](O[C@@H]1O[C@@H](CO)C(O)C1O)[C@@H](C)CC. The van der Waals surface area contributed by atoms with Gasteiger partial charge in [-0.1, -0.05) is 93.7 Å². The molecule has 13 rings (SSSR count). The average molecular weight is 2020 g/mol. The van der Waals surface area contributed by atoms with Crippen molar-refractivity contribution < 1.29 is 232 Å². The highest BCUT2D eigenvalue weighted by atomic mass is 16.8. The second-order valence-corrected chi connectivity index (χ2v) is 43.0. The van der Waals surface area contributed by atoms with Crippen LogP contribution in [0.2, 0.25) is 0 Å². The van der Waals surface area contributed by atoms with E-state index in [1.165, 1.54) is 13.8 Å². The largest absolute Gasteiger partial charge is 0.479 e. The van der Waals surface area contributed by atoms with E-state index in [4.69, 9.17) is 85.3 Å². The molecule has 47 nitrogen and oxygen atoms in total. The number of hydrogen-bond acceptors (Lipinski definition) is 46. The Morgan fingerprint density at radius 3 is 1.61 bits per heavy atom. The van der Waals surface area contributed by atoms with Crippen molar-refractivity contribution in [2.24, 2.45) is 62.1 Å². The van der Waals surface area contributed by atoms with E-state index in [2.05, 4.69) is 19.9 Å². The molecule has 0 aromatic heterocycles. The van der Waals surface area contributed by atoms with Crippen LogP contribution in [0.25, 0.3) is 0 Å². The predicted molar refractivity (Wildman–Crippen MR) is 464 cm³/mol. The van der Waals surface area contributed by atoms with Crippen LogP contribution in [0.3, 0.4) is 0 Å². The zero-order chi connectivity index (χ0) is 103. The fourth-order valence-corrected chi connectivity index (χ4v) is 24.4. The minimum Gasteiger partial charge on any atom is -0.479 e. The Hall–Kier alpha value is -4.23. The third kappa shape index (κ3) is 21.7. The molecular formula is C93H150O47. The Labute approximate surface area is 808 Å². The van der Waals surface area contributed by atoms with Gasteiger partial charge in [-0.15, -0.1) is 0 Å². The molecule has 0 aromatic carbocycles. The quantitative estimate of drug-likeness (QED) is 0.00912. The molecule has 4 saturated carbocycles. The van der Waals surface area contributed by atoms with Gasteiger partial charge in [-0.2, -0.15) is 0 Å². The van der Waals surface area contributed by atoms with Crippen LogP contribution >= 0.6 is 0 Å². The summed E-state index contributed by atoms with van der Waals surface area (Å²) in [6.45, 7) is 17.1. The molecule has 8 aliphatic heterocycles. The summed E-state index contributed by atoms with van der Waals surface area (Å²) in [5.74, 6) is -7.37. The lowest BCUT2D eigenvalue weighted by molar-refractivity contribution is -0.395. The van der Waals surface area contributed by atoms with Gasteiger partial charge >= 0.3 is 23.9 Å². The third-order valence-electron chi connectivity index (χ3n) is 33.7. The molecule has 47 heteroatoms. The van der Waals surface area contributed by atoms with Gasteiger partial charge < -0.3 is 213 Å². The lowest BCUT2D eigenvalue weighted by atomic mass is 9.33. The molecule has 8 heterocycles. The van der Waals surface area contributed by atoms with E-state index in [0.717, 1.165) is 11.9 Å². The normalized spacial score (nSPS) is 48.8. The second-order valence-electron chi connectivity index (χ2n) is 43.0. The number of rotatable bonds is 36. The zero-order valence-corrected chi connectivity index (χ0v) is 80.7. The van der Waals surface area contributed by atoms with Crippen LogP contribution in [0, 0.1) is 62.1 Å². The van der Waals surface area contributed by atoms with Gasteiger partial charge in [0.05, 0.1) is 101 Å². The van der Waals surface area contributed by atoms with Crippen molar-refractivity contribution in [1.82, 2.24) is 0 Å². The number of esters is 3. The highest BCUT2D eigenvalue weighted by Gasteiger charge is 2.74. The lowest BCUT2D eigenvalue weighted by Crippen LogP contribution is -2.69. The van der Waals surface area contributed by atoms with Crippen molar-refractivity contribution in [2.75, 3.05) is 39.6 Å². The first kappa shape index (κ1) is 113. The van der Waals surface area contributed by atoms with Gasteiger partial charge in [0.25, 0.3) is 0 Å². The Morgan fingerprint density at radius 2 is 1.03 bits per heavy atom. The highest BCUT2D eigenvalue weighted by molar-refractivity contribution is 5.80. The summed E-state index contributed by atoms with van der Waals surface area (Å²) in [4.78, 5) is 72.2. The Morgan fingerprint density at radius 1 is 0.500 bits per heavy atom. The van der Waals surface area contributed by atoms with Crippen molar-refractivity contribution in [1.29, 1.82) is 0 Å². The standard InChI is InChI=1S/C93H150O47/c1-13-36(3)45(127-54(103)25-41(100)24-46(37(4)14-2)128-80-62(111)58(107)49(31-96)129-80)23-40(99)26-55(104)133-70-39(6)126-83(74(66(70)115)138-79-65(114)61(110)69(38(5)125-79)134-78-68(117)71(44(101)32-123-78)135-85-76(118)92(122,34-98)35-124-85)140-86(121)93-22-21-87(7,8)27-43(93)42-15-16-51-88(9)19-18-53(89(10,33-97)50(88)17-20-90(51,11)91(42,12)28-52(93)102)132-84-75(139-82-64(113)60(109)57(106)48(30-95)131-82)72(67(116)73(137-84)77(119)120)136-81-63(112)59(108)56(105)47(29-94)130-81/h15,33,36-41,43-53,56-76,78-85,94-96,98-102,105-118,122H,13-14,16-32,34-35H2,1-12H3,(H,119,120)/t36-,37-,38?,39?,40-,41-,43?,44?,45-,46-,47?,48?,49-,50?,51?,52+,53-,56+,57-,58?,59-,60-,61+,62?,63?,64?,65?,66?,67+,68-,69-,70+,71-,72-,73?,74+,75?,76+,78?,79-,80+,81-,82-,83-,84+,85-,88-,89-,90+,91+,92?,93+/m0/s1. The average Bonchev–Trinajstić information content (AvgIpc) is 0.739. The van der Waals surface area contributed by atoms with Gasteiger partial charge in [-0.25, -0.2) is 4.79 Å². The van der Waals surface area contributed by atoms with Crippen molar-refractivity contribution >= 4 is 30.2 Å². The first-order valence-electron chi connectivity index (χ1n) is 48.9. The summed E-state index contributed by atoms with van der Waals surface area (Å²) in [5, 5.41) is 267. The summed E-state index contributed by atoms with van der Waals surface area (Å²) < 4.78 is 108. The summed E-state index contributed by atoms with van der Waals surface area (Å²) in [6.07, 6.45) is -69.8. The van der Waals surface area contributed by atoms with Gasteiger partial charge in [-0.3, -0.25) is 14.4 Å². The van der Waals surface area contributed by atoms with E-state index in [0.29, 0.717) is 32.1 Å². The van der Waals surface area contributed by atoms with Crippen molar-refractivity contribution in [3.63, 3.8) is 0 Å². The maximum absolute atomic E-state index is 16.4. The van der Waals surface area contributed by atoms with Gasteiger partial charge in [0.15, 0.2) is 62.3 Å². The van der Waals surface area contributed by atoms with Gasteiger partial charge in [-0.05, 0) is 123 Å². The van der Waals surface area contributed by atoms with Crippen LogP contribution in [0.5, 0.6) is 0 Å². The van der Waals surface area contributed by atoms with Crippen molar-refractivity contribution in [2.45, 2.75) is 437 Å². The van der Waals surface area contributed by atoms with Gasteiger partial charge in [0.2, 0.25) is 6.29 Å². The van der Waals surface area contributed by atoms with Crippen LogP contribution in [-0.4, -0.2) is 450 Å². The Balaban J connectivity index is 0.751.